The van der Waals surface area contributed by atoms with E-state index in [-0.39, 0.29) is 5.78 Å². The molecule has 0 radical (unpaired) electrons. The Morgan fingerprint density at radius 2 is 1.71 bits per heavy atom. The molecule has 0 bridgehead atoms. The van der Waals surface area contributed by atoms with E-state index in [0.717, 1.165) is 27.9 Å². The van der Waals surface area contributed by atoms with E-state index in [9.17, 15) is 4.79 Å². The minimum atomic E-state index is 0.160. The second-order valence-corrected chi connectivity index (χ2v) is 5.49. The Hall–Kier alpha value is -2.61. The zero-order chi connectivity index (χ0) is 14.4. The summed E-state index contributed by atoms with van der Waals surface area (Å²) in [5.74, 6) is 0.160. The van der Waals surface area contributed by atoms with E-state index >= 15 is 0 Å². The Bertz CT molecular complexity index is 885. The summed E-state index contributed by atoms with van der Waals surface area (Å²) in [7, 11) is 0. The number of nitrogens with zero attached hydrogens (tertiary/aromatic N) is 1. The lowest BCUT2D eigenvalue weighted by molar-refractivity contribution is 0.103. The molecule has 0 saturated heterocycles. The zero-order valence-electron chi connectivity index (χ0n) is 11.8. The van der Waals surface area contributed by atoms with Crippen molar-refractivity contribution in [3.8, 4) is 0 Å². The molecule has 0 fully saturated rings. The molecule has 0 N–H and O–H groups in total. The van der Waals surface area contributed by atoms with Crippen molar-refractivity contribution < 1.29 is 4.79 Å². The highest BCUT2D eigenvalue weighted by Crippen LogP contribution is 2.33. The van der Waals surface area contributed by atoms with Gasteiger partial charge in [-0.25, -0.2) is 0 Å². The van der Waals surface area contributed by atoms with Crippen LogP contribution < -0.4 is 0 Å². The van der Waals surface area contributed by atoms with Crippen LogP contribution >= 0.6 is 0 Å². The summed E-state index contributed by atoms with van der Waals surface area (Å²) in [5.41, 5.74) is 5.03. The highest BCUT2D eigenvalue weighted by Gasteiger charge is 2.29. The largest absolute Gasteiger partial charge is 0.333 e. The van der Waals surface area contributed by atoms with Crippen molar-refractivity contribution in [3.63, 3.8) is 0 Å². The number of hydrogen-bond acceptors (Lipinski definition) is 1. The maximum absolute atomic E-state index is 12.7. The number of ketones is 1. The van der Waals surface area contributed by atoms with E-state index in [1.807, 2.05) is 55.5 Å². The lowest BCUT2D eigenvalue weighted by Crippen LogP contribution is -1.97. The number of para-hydroxylation sites is 1. The summed E-state index contributed by atoms with van der Waals surface area (Å²) in [6, 6.07) is 18.3. The molecule has 1 aliphatic heterocycles. The Morgan fingerprint density at radius 1 is 1.00 bits per heavy atom. The van der Waals surface area contributed by atoms with Gasteiger partial charge in [0, 0.05) is 16.5 Å². The molecule has 0 saturated carbocycles. The van der Waals surface area contributed by atoms with Crippen LogP contribution in [0.3, 0.4) is 0 Å². The van der Waals surface area contributed by atoms with Crippen molar-refractivity contribution in [1.29, 1.82) is 0 Å². The first kappa shape index (κ1) is 12.2. The smallest absolute Gasteiger partial charge is 0.207 e. The molecule has 3 aromatic rings. The molecular weight excluding hydrogens is 258 g/mol. The van der Waals surface area contributed by atoms with Gasteiger partial charge in [0.05, 0.1) is 12.2 Å². The van der Waals surface area contributed by atoms with Gasteiger partial charge in [-0.05, 0) is 30.2 Å². The summed E-state index contributed by atoms with van der Waals surface area (Å²) in [5, 5.41) is 1.18. The highest BCUT2D eigenvalue weighted by atomic mass is 16.1. The van der Waals surface area contributed by atoms with Crippen molar-refractivity contribution in [1.82, 2.24) is 4.57 Å². The molecule has 4 rings (SSSR count). The van der Waals surface area contributed by atoms with Gasteiger partial charge in [0.2, 0.25) is 5.78 Å². The monoisotopic (exact) mass is 273 g/mol. The van der Waals surface area contributed by atoms with Crippen molar-refractivity contribution in [2.75, 3.05) is 0 Å². The topological polar surface area (TPSA) is 22.0 Å². The van der Waals surface area contributed by atoms with Crippen LogP contribution in [0.4, 0.5) is 0 Å². The summed E-state index contributed by atoms with van der Waals surface area (Å²) in [6.45, 7) is 2.70. The summed E-state index contributed by atoms with van der Waals surface area (Å²) < 4.78 is 2.14. The number of carbonyl (C=O) groups is 1. The fraction of sp³-hybridized carbons (Fsp3) is 0.105. The van der Waals surface area contributed by atoms with Crippen LogP contribution in [0.2, 0.25) is 0 Å². The van der Waals surface area contributed by atoms with E-state index in [0.29, 0.717) is 6.54 Å². The fourth-order valence-electron chi connectivity index (χ4n) is 3.19. The van der Waals surface area contributed by atoms with Gasteiger partial charge in [0.25, 0.3) is 0 Å². The number of benzene rings is 2. The van der Waals surface area contributed by atoms with Crippen LogP contribution in [0, 0.1) is 6.92 Å². The molecule has 0 unspecified atom stereocenters. The molecule has 2 nitrogen and oxygen atoms in total. The van der Waals surface area contributed by atoms with Crippen LogP contribution in [0.5, 0.6) is 0 Å². The third kappa shape index (κ3) is 1.76. The van der Waals surface area contributed by atoms with Gasteiger partial charge >= 0.3 is 0 Å². The first-order valence-electron chi connectivity index (χ1n) is 7.14. The minimum absolute atomic E-state index is 0.160. The average Bonchev–Trinajstić information content (AvgIpc) is 2.98. The van der Waals surface area contributed by atoms with Gasteiger partial charge in [-0.2, -0.15) is 0 Å². The standard InChI is InChI=1S/C19H15NO/c1-13-16-9-5-6-10-17(16)20-12-15(19(21)18(13)20)11-14-7-3-2-4-8-14/h2-11H,12H2,1H3. The molecule has 2 heteroatoms. The normalized spacial score (nSPS) is 15.9. The van der Waals surface area contributed by atoms with E-state index in [1.54, 1.807) is 0 Å². The second kappa shape index (κ2) is 4.45. The predicted molar refractivity (Wildman–Crippen MR) is 85.4 cm³/mol. The molecule has 1 aliphatic rings. The first-order chi connectivity index (χ1) is 10.3. The number of fused-ring (bicyclic) bond motifs is 3. The van der Waals surface area contributed by atoms with Crippen LogP contribution in [0.15, 0.2) is 60.2 Å². The highest BCUT2D eigenvalue weighted by molar-refractivity contribution is 6.16. The first-order valence-corrected chi connectivity index (χ1v) is 7.14. The second-order valence-electron chi connectivity index (χ2n) is 5.49. The van der Waals surface area contributed by atoms with E-state index < -0.39 is 0 Å². The number of carbonyl (C=O) groups excluding carboxylic acids is 1. The summed E-state index contributed by atoms with van der Waals surface area (Å²) in [6.07, 6.45) is 2.00. The molecule has 1 aromatic heterocycles. The number of aromatic nitrogens is 1. The SMILES string of the molecule is Cc1c2n(c3ccccc13)CC(=Cc1ccccc1)C2=O. The Kier molecular flexibility index (Phi) is 2.58. The molecule has 0 amide bonds. The molecule has 0 aliphatic carbocycles. The Labute approximate surface area is 123 Å². The number of allylic oxidation sites excluding steroid dienone is 1. The van der Waals surface area contributed by atoms with Crippen molar-refractivity contribution in [3.05, 3.63) is 77.0 Å². The molecule has 102 valence electrons. The third-order valence-corrected chi connectivity index (χ3v) is 4.20. The number of rotatable bonds is 1. The maximum atomic E-state index is 12.7. The fourth-order valence-corrected chi connectivity index (χ4v) is 3.19. The van der Waals surface area contributed by atoms with Crippen LogP contribution in [-0.2, 0) is 6.54 Å². The quantitative estimate of drug-likeness (QED) is 0.608. The van der Waals surface area contributed by atoms with Crippen LogP contribution in [0.25, 0.3) is 17.0 Å². The van der Waals surface area contributed by atoms with Crippen LogP contribution in [0.1, 0.15) is 21.6 Å². The summed E-state index contributed by atoms with van der Waals surface area (Å²) >= 11 is 0. The summed E-state index contributed by atoms with van der Waals surface area (Å²) in [4.78, 5) is 12.7. The number of Topliss-reactive ketones (excluding diaryl/α,β-unsaturated/α-hetero) is 1. The average molecular weight is 273 g/mol. The van der Waals surface area contributed by atoms with Gasteiger partial charge < -0.3 is 4.57 Å². The lowest BCUT2D eigenvalue weighted by Gasteiger charge is -2.00. The lowest BCUT2D eigenvalue weighted by atomic mass is 10.0. The molecule has 2 heterocycles. The van der Waals surface area contributed by atoms with Crippen molar-refractivity contribution >= 4 is 22.8 Å². The van der Waals surface area contributed by atoms with Crippen molar-refractivity contribution in [2.45, 2.75) is 13.5 Å². The Morgan fingerprint density at radius 3 is 2.52 bits per heavy atom. The molecule has 21 heavy (non-hydrogen) atoms. The van der Waals surface area contributed by atoms with Crippen molar-refractivity contribution in [2.24, 2.45) is 0 Å². The van der Waals surface area contributed by atoms with E-state index in [4.69, 9.17) is 0 Å². The zero-order valence-corrected chi connectivity index (χ0v) is 11.8. The molecular formula is C19H15NO. The molecule has 0 spiro atoms. The number of aryl methyl sites for hydroxylation is 1. The van der Waals surface area contributed by atoms with Gasteiger partial charge in [-0.15, -0.1) is 0 Å². The third-order valence-electron chi connectivity index (χ3n) is 4.20. The predicted octanol–water partition coefficient (Wildman–Crippen LogP) is 4.23. The van der Waals surface area contributed by atoms with E-state index in [2.05, 4.69) is 16.7 Å². The Balaban J connectivity index is 1.86. The van der Waals surface area contributed by atoms with Gasteiger partial charge in [0.1, 0.15) is 0 Å². The van der Waals surface area contributed by atoms with E-state index in [1.165, 1.54) is 5.39 Å². The minimum Gasteiger partial charge on any atom is -0.333 e. The number of hydrogen-bond donors (Lipinski definition) is 0. The molecule has 2 aromatic carbocycles. The van der Waals surface area contributed by atoms with Gasteiger partial charge in [-0.1, -0.05) is 48.5 Å². The van der Waals surface area contributed by atoms with Crippen LogP contribution in [-0.4, -0.2) is 10.4 Å². The molecule has 0 atom stereocenters. The van der Waals surface area contributed by atoms with Gasteiger partial charge in [-0.3, -0.25) is 4.79 Å². The maximum Gasteiger partial charge on any atom is 0.207 e. The van der Waals surface area contributed by atoms with Gasteiger partial charge in [0.15, 0.2) is 0 Å².